The van der Waals surface area contributed by atoms with Gasteiger partial charge in [0.2, 0.25) is 0 Å². The Hall–Kier alpha value is -1.56. The third-order valence-corrected chi connectivity index (χ3v) is 3.04. The Labute approximate surface area is 99.3 Å². The van der Waals surface area contributed by atoms with Gasteiger partial charge in [-0.05, 0) is 18.9 Å². The lowest BCUT2D eigenvalue weighted by molar-refractivity contribution is -0.133. The van der Waals surface area contributed by atoms with Crippen LogP contribution in [0.4, 0.5) is 0 Å². The van der Waals surface area contributed by atoms with E-state index in [1.54, 1.807) is 12.0 Å². The van der Waals surface area contributed by atoms with Gasteiger partial charge in [0, 0.05) is 26.3 Å². The minimum Gasteiger partial charge on any atom is -0.381 e. The van der Waals surface area contributed by atoms with Crippen molar-refractivity contribution in [3.63, 3.8) is 0 Å². The molecular formula is C11H15N3O3. The number of piperidine rings is 1. The van der Waals surface area contributed by atoms with Gasteiger partial charge in [0.15, 0.2) is 6.04 Å². The number of likely N-dealkylation sites (tertiary alicyclic amines) is 1. The summed E-state index contributed by atoms with van der Waals surface area (Å²) < 4.78 is 5.24. The summed E-state index contributed by atoms with van der Waals surface area (Å²) in [5.41, 5.74) is 0. The van der Waals surface area contributed by atoms with Crippen LogP contribution in [-0.4, -0.2) is 49.1 Å². The van der Waals surface area contributed by atoms with Crippen molar-refractivity contribution in [3.8, 4) is 0 Å². The number of azo groups is 1. The van der Waals surface area contributed by atoms with E-state index in [0.717, 1.165) is 12.8 Å². The van der Waals surface area contributed by atoms with E-state index in [1.807, 2.05) is 0 Å². The molecule has 0 aromatic carbocycles. The molecule has 2 rings (SSSR count). The number of carbonyl (C=O) groups is 2. The summed E-state index contributed by atoms with van der Waals surface area (Å²) in [6.45, 7) is 1.34. The van der Waals surface area contributed by atoms with Gasteiger partial charge in [-0.15, -0.1) is 5.11 Å². The van der Waals surface area contributed by atoms with Crippen LogP contribution in [0, 0.1) is 0 Å². The monoisotopic (exact) mass is 237 g/mol. The molecule has 6 nitrogen and oxygen atoms in total. The van der Waals surface area contributed by atoms with Crippen LogP contribution < -0.4 is 0 Å². The van der Waals surface area contributed by atoms with Crippen LogP contribution in [0.15, 0.2) is 22.4 Å². The quantitative estimate of drug-likeness (QED) is 0.703. The zero-order chi connectivity index (χ0) is 12.3. The number of hydrogen-bond acceptors (Lipinski definition) is 4. The molecule has 0 N–H and O–H groups in total. The molecule has 0 aromatic rings. The van der Waals surface area contributed by atoms with Gasteiger partial charge in [-0.25, -0.2) is 0 Å². The van der Waals surface area contributed by atoms with Crippen LogP contribution in [0.3, 0.4) is 0 Å². The fourth-order valence-corrected chi connectivity index (χ4v) is 2.00. The predicted octanol–water partition coefficient (Wildman–Crippen LogP) is 0.541. The number of carbonyl (C=O) groups excluding carboxylic acids is 2. The molecule has 0 saturated carbocycles. The number of hydrogen-bond donors (Lipinski definition) is 0. The van der Waals surface area contributed by atoms with Crippen molar-refractivity contribution in [3.05, 3.63) is 12.2 Å². The summed E-state index contributed by atoms with van der Waals surface area (Å²) >= 11 is 0. The summed E-state index contributed by atoms with van der Waals surface area (Å²) in [5, 5.41) is 7.08. The molecule has 92 valence electrons. The molecule has 1 fully saturated rings. The van der Waals surface area contributed by atoms with Crippen LogP contribution in [0.1, 0.15) is 12.8 Å². The molecule has 1 unspecified atom stereocenters. The van der Waals surface area contributed by atoms with E-state index in [9.17, 15) is 9.59 Å². The number of amides is 2. The van der Waals surface area contributed by atoms with Crippen molar-refractivity contribution in [2.24, 2.45) is 10.2 Å². The average molecular weight is 237 g/mol. The third kappa shape index (κ3) is 2.76. The zero-order valence-corrected chi connectivity index (χ0v) is 9.70. The van der Waals surface area contributed by atoms with E-state index in [-0.39, 0.29) is 12.0 Å². The lowest BCUT2D eigenvalue weighted by Crippen LogP contribution is -2.44. The Balaban J connectivity index is 1.91. The minimum absolute atomic E-state index is 0.0907. The highest BCUT2D eigenvalue weighted by Crippen LogP contribution is 2.15. The second-order valence-corrected chi connectivity index (χ2v) is 4.12. The maximum Gasteiger partial charge on any atom is 0.287 e. The van der Waals surface area contributed by atoms with Crippen molar-refractivity contribution < 1.29 is 14.3 Å². The maximum atomic E-state index is 12.0. The molecule has 17 heavy (non-hydrogen) atoms. The normalized spacial score (nSPS) is 25.4. The molecule has 1 atom stereocenters. The number of rotatable bonds is 2. The van der Waals surface area contributed by atoms with Crippen LogP contribution in [0.25, 0.3) is 0 Å². The molecular weight excluding hydrogens is 222 g/mol. The van der Waals surface area contributed by atoms with E-state index < -0.39 is 11.9 Å². The van der Waals surface area contributed by atoms with E-state index in [1.165, 1.54) is 12.2 Å². The smallest absolute Gasteiger partial charge is 0.287 e. The predicted molar refractivity (Wildman–Crippen MR) is 59.4 cm³/mol. The number of nitrogens with zero attached hydrogens (tertiary/aromatic N) is 3. The summed E-state index contributed by atoms with van der Waals surface area (Å²) in [4.78, 5) is 24.6. The Morgan fingerprint density at radius 1 is 1.47 bits per heavy atom. The second kappa shape index (κ2) is 5.18. The van der Waals surface area contributed by atoms with Crippen LogP contribution >= 0.6 is 0 Å². The van der Waals surface area contributed by atoms with Gasteiger partial charge in [0.25, 0.3) is 11.8 Å². The third-order valence-electron chi connectivity index (χ3n) is 3.04. The summed E-state index contributed by atoms with van der Waals surface area (Å²) in [6.07, 6.45) is 4.71. The van der Waals surface area contributed by atoms with Gasteiger partial charge >= 0.3 is 0 Å². The topological polar surface area (TPSA) is 71.3 Å². The lowest BCUT2D eigenvalue weighted by Gasteiger charge is -2.32. The first-order valence-corrected chi connectivity index (χ1v) is 5.65. The molecule has 2 amide bonds. The van der Waals surface area contributed by atoms with Crippen molar-refractivity contribution >= 4 is 11.8 Å². The van der Waals surface area contributed by atoms with Gasteiger partial charge in [0.05, 0.1) is 6.10 Å². The first-order valence-electron chi connectivity index (χ1n) is 5.65. The largest absolute Gasteiger partial charge is 0.381 e. The fourth-order valence-electron chi connectivity index (χ4n) is 2.00. The van der Waals surface area contributed by atoms with Gasteiger partial charge in [0.1, 0.15) is 0 Å². The molecule has 0 radical (unpaired) electrons. The number of methoxy groups -OCH3 is 1. The molecule has 0 bridgehead atoms. The van der Waals surface area contributed by atoms with Gasteiger partial charge < -0.3 is 9.64 Å². The molecule has 0 aliphatic carbocycles. The van der Waals surface area contributed by atoms with Crippen molar-refractivity contribution in [2.75, 3.05) is 20.2 Å². The molecule has 1 saturated heterocycles. The van der Waals surface area contributed by atoms with E-state index in [4.69, 9.17) is 4.74 Å². The minimum atomic E-state index is -0.633. The van der Waals surface area contributed by atoms with Crippen LogP contribution in [0.5, 0.6) is 0 Å². The second-order valence-electron chi connectivity index (χ2n) is 4.12. The highest BCUT2D eigenvalue weighted by Gasteiger charge is 2.28. The zero-order valence-electron chi connectivity index (χ0n) is 9.70. The fraction of sp³-hybridized carbons (Fsp3) is 0.636. The first-order chi connectivity index (χ1) is 8.20. The Morgan fingerprint density at radius 3 is 2.71 bits per heavy atom. The van der Waals surface area contributed by atoms with E-state index >= 15 is 0 Å². The summed E-state index contributed by atoms with van der Waals surface area (Å²) in [7, 11) is 1.69. The summed E-state index contributed by atoms with van der Waals surface area (Å²) in [5.74, 6) is -0.501. The van der Waals surface area contributed by atoms with Crippen molar-refractivity contribution in [1.29, 1.82) is 0 Å². The highest BCUT2D eigenvalue weighted by atomic mass is 16.5. The Bertz CT molecular complexity index is 354. The Morgan fingerprint density at radius 2 is 2.18 bits per heavy atom. The van der Waals surface area contributed by atoms with Gasteiger partial charge in [-0.2, -0.15) is 5.11 Å². The molecule has 0 spiro atoms. The standard InChI is InChI=1S/C11H15N3O3/c1-17-8-4-6-14(7-5-8)11(16)9-2-3-10(15)13-12-9/h2-3,8-9H,4-7H2,1H3. The molecule has 2 heterocycles. The lowest BCUT2D eigenvalue weighted by atomic mass is 10.1. The summed E-state index contributed by atoms with van der Waals surface area (Å²) in [6, 6.07) is -0.633. The molecule has 2 aliphatic heterocycles. The molecule has 6 heteroatoms. The van der Waals surface area contributed by atoms with Gasteiger partial charge in [-0.1, -0.05) is 0 Å². The van der Waals surface area contributed by atoms with Crippen molar-refractivity contribution in [1.82, 2.24) is 4.90 Å². The van der Waals surface area contributed by atoms with Gasteiger partial charge in [-0.3, -0.25) is 9.59 Å². The molecule has 0 aromatic heterocycles. The molecule has 2 aliphatic rings. The van der Waals surface area contributed by atoms with Crippen LogP contribution in [-0.2, 0) is 14.3 Å². The first kappa shape index (κ1) is 11.9. The van der Waals surface area contributed by atoms with E-state index in [0.29, 0.717) is 13.1 Å². The maximum absolute atomic E-state index is 12.0. The van der Waals surface area contributed by atoms with E-state index in [2.05, 4.69) is 10.2 Å². The van der Waals surface area contributed by atoms with Crippen LogP contribution in [0.2, 0.25) is 0 Å². The highest BCUT2D eigenvalue weighted by molar-refractivity contribution is 5.92. The SMILES string of the molecule is COC1CCN(C(=O)C2C=CC(=O)N=N2)CC1. The number of ether oxygens (including phenoxy) is 1. The average Bonchev–Trinajstić information content (AvgIpc) is 2.39. The Kier molecular flexibility index (Phi) is 3.63. The van der Waals surface area contributed by atoms with Crippen molar-refractivity contribution in [2.45, 2.75) is 25.0 Å².